The molecule has 3 saturated carbocycles. The zero-order chi connectivity index (χ0) is 35.5. The molecule has 0 atom stereocenters. The molecule has 0 N–H and O–H groups in total. The SMILES string of the molecule is C=Nc1sc2c(F)ccc(-c3ncc4c(N(C)CC5(N(C)C)CCC5)nc(OCC5(C/C=C6/CCCOC7(CC7)C6)CC5)nc4c3F)c2c1C#N. The van der Waals surface area contributed by atoms with E-state index in [1.165, 1.54) is 17.7 Å². The molecular formula is C39H43F2N7O2S. The number of ether oxygens (including phenoxy) is 2. The van der Waals surface area contributed by atoms with Crippen molar-refractivity contribution in [3.63, 3.8) is 0 Å². The molecule has 3 aliphatic carbocycles. The molecule has 0 unspecified atom stereocenters. The predicted octanol–water partition coefficient (Wildman–Crippen LogP) is 8.52. The highest BCUT2D eigenvalue weighted by Gasteiger charge is 2.46. The molecule has 0 radical (unpaired) electrons. The minimum Gasteiger partial charge on any atom is -0.463 e. The first-order valence-electron chi connectivity index (χ1n) is 17.9. The molecule has 9 nitrogen and oxygen atoms in total. The molecule has 4 aliphatic rings. The number of aliphatic imine (C=N–C) groups is 1. The number of nitrogens with zero attached hydrogens (tertiary/aromatic N) is 7. The number of rotatable bonds is 11. The van der Waals surface area contributed by atoms with Crippen molar-refractivity contribution in [1.82, 2.24) is 19.9 Å². The Hall–Kier alpha value is -4.05. The maximum Gasteiger partial charge on any atom is 0.319 e. The van der Waals surface area contributed by atoms with Crippen LogP contribution in [0.15, 0.2) is 35.0 Å². The van der Waals surface area contributed by atoms with Gasteiger partial charge in [-0.25, -0.2) is 8.78 Å². The molecule has 4 heterocycles. The van der Waals surface area contributed by atoms with E-state index in [4.69, 9.17) is 14.5 Å². The number of fused-ring (bicyclic) bond motifs is 2. The highest BCUT2D eigenvalue weighted by atomic mass is 32.1. The highest BCUT2D eigenvalue weighted by molar-refractivity contribution is 7.23. The van der Waals surface area contributed by atoms with Crippen molar-refractivity contribution in [2.45, 2.75) is 81.8 Å². The van der Waals surface area contributed by atoms with Gasteiger partial charge in [0.1, 0.15) is 33.9 Å². The molecule has 0 amide bonds. The Bertz CT molecular complexity index is 2110. The van der Waals surface area contributed by atoms with Gasteiger partial charge >= 0.3 is 6.01 Å². The van der Waals surface area contributed by atoms with Crippen LogP contribution in [0.1, 0.15) is 76.2 Å². The van der Waals surface area contributed by atoms with Crippen molar-refractivity contribution in [1.29, 1.82) is 5.26 Å². The number of hydrogen-bond donors (Lipinski definition) is 0. The van der Waals surface area contributed by atoms with Crippen LogP contribution in [-0.4, -0.2) is 78.6 Å². The van der Waals surface area contributed by atoms with Crippen LogP contribution >= 0.6 is 11.3 Å². The summed E-state index contributed by atoms with van der Waals surface area (Å²) in [5.41, 5.74) is 2.01. The second-order valence-electron chi connectivity index (χ2n) is 15.4. The zero-order valence-electron chi connectivity index (χ0n) is 29.5. The number of thiophene rings is 1. The standard InChI is InChI=1S/C39H43F2N7O2S/c1-43-35-26(20-42)29-25(8-9-28(40)33(29)51-35)31-30(41)32-27(21-44-31)34(48(4)22-38(47(2)3)11-6-12-38)46-36(45-32)49-23-37(14-15-37)13-10-24-7-5-18-50-39(19-24)16-17-39/h8-10,21H,1,5-7,11-19,22-23H2,2-4H3/b24-10-. The Labute approximate surface area is 301 Å². The van der Waals surface area contributed by atoms with Crippen molar-refractivity contribution in [2.75, 3.05) is 45.8 Å². The third-order valence-electron chi connectivity index (χ3n) is 11.7. The number of likely N-dealkylation sites (N-methyl/N-ethyl adjacent to an activating group) is 2. The van der Waals surface area contributed by atoms with E-state index < -0.39 is 11.6 Å². The number of benzene rings is 1. The van der Waals surface area contributed by atoms with Crippen LogP contribution in [0.25, 0.3) is 32.2 Å². The van der Waals surface area contributed by atoms with Crippen molar-refractivity contribution >= 4 is 49.9 Å². The first kappa shape index (κ1) is 34.1. The lowest BCUT2D eigenvalue weighted by molar-refractivity contribution is 0.0413. The molecule has 0 bridgehead atoms. The van der Waals surface area contributed by atoms with Crippen LogP contribution in [-0.2, 0) is 4.74 Å². The number of hydrogen-bond acceptors (Lipinski definition) is 10. The van der Waals surface area contributed by atoms with Gasteiger partial charge in [0, 0.05) is 48.3 Å². The number of allylic oxidation sites excluding steroid dienone is 1. The van der Waals surface area contributed by atoms with Crippen LogP contribution in [0, 0.1) is 28.4 Å². The maximum atomic E-state index is 16.9. The minimum absolute atomic E-state index is 0.00732. The summed E-state index contributed by atoms with van der Waals surface area (Å²) < 4.78 is 44.6. The van der Waals surface area contributed by atoms with Gasteiger partial charge in [0.15, 0.2) is 5.82 Å². The summed E-state index contributed by atoms with van der Waals surface area (Å²) in [6.45, 7) is 5.51. The molecule has 4 aromatic rings. The van der Waals surface area contributed by atoms with E-state index >= 15 is 4.39 Å². The molecule has 4 fully saturated rings. The van der Waals surface area contributed by atoms with Gasteiger partial charge in [-0.15, -0.1) is 11.3 Å². The van der Waals surface area contributed by atoms with Gasteiger partial charge in [0.05, 0.1) is 27.9 Å². The van der Waals surface area contributed by atoms with Crippen molar-refractivity contribution in [3.05, 3.63) is 47.2 Å². The summed E-state index contributed by atoms with van der Waals surface area (Å²) in [5.74, 6) is -0.674. The van der Waals surface area contributed by atoms with Gasteiger partial charge in [-0.1, -0.05) is 11.6 Å². The number of anilines is 1. The van der Waals surface area contributed by atoms with E-state index in [0.29, 0.717) is 24.4 Å². The summed E-state index contributed by atoms with van der Waals surface area (Å²) in [6.07, 6.45) is 15.8. The lowest BCUT2D eigenvalue weighted by atomic mass is 9.75. The van der Waals surface area contributed by atoms with Gasteiger partial charge < -0.3 is 19.3 Å². The number of pyridine rings is 1. The normalized spacial score (nSPS) is 20.7. The molecule has 8 rings (SSSR count). The van der Waals surface area contributed by atoms with Crippen LogP contribution in [0.5, 0.6) is 6.01 Å². The molecule has 1 aliphatic heterocycles. The third-order valence-corrected chi connectivity index (χ3v) is 12.9. The zero-order valence-corrected chi connectivity index (χ0v) is 30.3. The van der Waals surface area contributed by atoms with Gasteiger partial charge in [-0.3, -0.25) is 9.98 Å². The second-order valence-corrected chi connectivity index (χ2v) is 16.4. The monoisotopic (exact) mass is 711 g/mol. The first-order chi connectivity index (χ1) is 24.6. The molecule has 1 saturated heterocycles. The Morgan fingerprint density at radius 3 is 2.59 bits per heavy atom. The molecule has 266 valence electrons. The molecule has 1 aromatic carbocycles. The Morgan fingerprint density at radius 1 is 1.12 bits per heavy atom. The van der Waals surface area contributed by atoms with E-state index in [9.17, 15) is 9.65 Å². The van der Waals surface area contributed by atoms with Crippen molar-refractivity contribution < 1.29 is 18.3 Å². The number of nitriles is 1. The van der Waals surface area contributed by atoms with E-state index in [0.717, 1.165) is 88.6 Å². The van der Waals surface area contributed by atoms with E-state index in [1.807, 2.05) is 7.05 Å². The first-order valence-corrected chi connectivity index (χ1v) is 18.7. The van der Waals surface area contributed by atoms with E-state index in [1.54, 1.807) is 6.20 Å². The lowest BCUT2D eigenvalue weighted by Gasteiger charge is -2.49. The number of halogens is 2. The van der Waals surface area contributed by atoms with Crippen LogP contribution in [0.4, 0.5) is 19.6 Å². The fourth-order valence-corrected chi connectivity index (χ4v) is 8.91. The molecule has 12 heteroatoms. The van der Waals surface area contributed by atoms with Gasteiger partial charge in [-0.05, 0) is 104 Å². The van der Waals surface area contributed by atoms with Crippen molar-refractivity contribution in [3.8, 4) is 23.3 Å². The average molecular weight is 712 g/mol. The van der Waals surface area contributed by atoms with Gasteiger partial charge in [-0.2, -0.15) is 15.2 Å². The quantitative estimate of drug-likeness (QED) is 0.113. The average Bonchev–Trinajstić information content (AvgIpc) is 4.04. The number of aromatic nitrogens is 3. The summed E-state index contributed by atoms with van der Waals surface area (Å²) in [4.78, 5) is 22.4. The maximum absolute atomic E-state index is 16.9. The minimum atomic E-state index is -0.688. The van der Waals surface area contributed by atoms with Crippen LogP contribution in [0.3, 0.4) is 0 Å². The molecule has 51 heavy (non-hydrogen) atoms. The summed E-state index contributed by atoms with van der Waals surface area (Å²) in [7, 11) is 6.16. The van der Waals surface area contributed by atoms with Crippen molar-refractivity contribution in [2.24, 2.45) is 10.4 Å². The fraction of sp³-hybridized carbons (Fsp3) is 0.513. The van der Waals surface area contributed by atoms with E-state index in [2.05, 4.69) is 57.7 Å². The van der Waals surface area contributed by atoms with Gasteiger partial charge in [0.25, 0.3) is 0 Å². The van der Waals surface area contributed by atoms with Gasteiger partial charge in [0.2, 0.25) is 0 Å². The summed E-state index contributed by atoms with van der Waals surface area (Å²) in [5, 5.41) is 11.0. The molecule has 3 aromatic heterocycles. The second kappa shape index (κ2) is 12.9. The summed E-state index contributed by atoms with van der Waals surface area (Å²) in [6, 6.07) is 4.94. The largest absolute Gasteiger partial charge is 0.463 e. The topological polar surface area (TPSA) is 99.8 Å². The fourth-order valence-electron chi connectivity index (χ4n) is 7.92. The lowest BCUT2D eigenvalue weighted by Crippen LogP contribution is -2.56. The summed E-state index contributed by atoms with van der Waals surface area (Å²) >= 11 is 1.01. The smallest absolute Gasteiger partial charge is 0.319 e. The Balaban J connectivity index is 1.16. The Morgan fingerprint density at radius 2 is 1.92 bits per heavy atom. The highest BCUT2D eigenvalue weighted by Crippen LogP contribution is 2.52. The Kier molecular flexibility index (Phi) is 8.59. The predicted molar refractivity (Wildman–Crippen MR) is 197 cm³/mol. The molecular weight excluding hydrogens is 669 g/mol. The molecule has 1 spiro atoms. The van der Waals surface area contributed by atoms with Crippen LogP contribution < -0.4 is 9.64 Å². The third kappa shape index (κ3) is 6.17. The van der Waals surface area contributed by atoms with Crippen LogP contribution in [0.2, 0.25) is 0 Å². The van der Waals surface area contributed by atoms with E-state index in [-0.39, 0.29) is 60.0 Å².